The van der Waals surface area contributed by atoms with Crippen molar-refractivity contribution >= 4 is 0 Å². The van der Waals surface area contributed by atoms with Crippen molar-refractivity contribution in [2.45, 2.75) is 26.4 Å². The minimum Gasteiger partial charge on any atom is -0.326 e. The normalized spacial score (nSPS) is 11.0. The van der Waals surface area contributed by atoms with Crippen LogP contribution in [0.3, 0.4) is 0 Å². The van der Waals surface area contributed by atoms with Crippen LogP contribution in [0.4, 0.5) is 0 Å². The predicted molar refractivity (Wildman–Crippen MR) is 85.6 cm³/mol. The van der Waals surface area contributed by atoms with E-state index in [1.54, 1.807) is 0 Å². The van der Waals surface area contributed by atoms with Gasteiger partial charge < -0.3 is 10.6 Å². The molecule has 2 nitrogen and oxygen atoms in total. The highest BCUT2D eigenvalue weighted by molar-refractivity contribution is 5.26. The Bertz CT molecular complexity index is 549. The number of likely N-dealkylation sites (N-methyl/N-ethyl adjacent to an activating group) is 1. The van der Waals surface area contributed by atoms with Crippen LogP contribution in [0.5, 0.6) is 0 Å². The van der Waals surface area contributed by atoms with Gasteiger partial charge in [0.15, 0.2) is 0 Å². The lowest BCUT2D eigenvalue weighted by Gasteiger charge is -2.17. The number of nitrogens with two attached hydrogens (primary N) is 1. The minimum atomic E-state index is 0.612. The van der Waals surface area contributed by atoms with Crippen LogP contribution in [0.2, 0.25) is 0 Å². The molecule has 0 saturated carbocycles. The minimum absolute atomic E-state index is 0.612. The van der Waals surface area contributed by atoms with E-state index in [0.717, 1.165) is 19.5 Å². The number of hydrogen-bond donors (Lipinski definition) is 1. The highest BCUT2D eigenvalue weighted by Gasteiger charge is 2.03. The number of nitrogens with zero attached hydrogens (tertiary/aromatic N) is 1. The molecular weight excluding hydrogens is 244 g/mol. The zero-order valence-electron chi connectivity index (χ0n) is 12.5. The van der Waals surface area contributed by atoms with E-state index >= 15 is 0 Å². The first-order valence-electron chi connectivity index (χ1n) is 7.20. The molecule has 2 heteroatoms. The van der Waals surface area contributed by atoms with Crippen LogP contribution in [0.25, 0.3) is 0 Å². The fourth-order valence-corrected chi connectivity index (χ4v) is 2.45. The van der Waals surface area contributed by atoms with E-state index in [9.17, 15) is 0 Å². The quantitative estimate of drug-likeness (QED) is 0.872. The third-order valence-corrected chi connectivity index (χ3v) is 3.70. The Hall–Kier alpha value is -1.64. The van der Waals surface area contributed by atoms with Gasteiger partial charge in [-0.2, -0.15) is 0 Å². The summed E-state index contributed by atoms with van der Waals surface area (Å²) >= 11 is 0. The summed E-state index contributed by atoms with van der Waals surface area (Å²) in [6.45, 7) is 4.83. The van der Waals surface area contributed by atoms with Gasteiger partial charge in [0.25, 0.3) is 0 Å². The first-order valence-corrected chi connectivity index (χ1v) is 7.20. The lowest BCUT2D eigenvalue weighted by atomic mass is 10.1. The first kappa shape index (κ1) is 14.8. The number of aryl methyl sites for hydroxylation is 1. The molecule has 0 saturated heterocycles. The van der Waals surface area contributed by atoms with Crippen molar-refractivity contribution in [3.63, 3.8) is 0 Å². The van der Waals surface area contributed by atoms with E-state index in [0.29, 0.717) is 6.54 Å². The maximum atomic E-state index is 5.69. The van der Waals surface area contributed by atoms with Gasteiger partial charge in [0, 0.05) is 19.6 Å². The third-order valence-electron chi connectivity index (χ3n) is 3.70. The second-order valence-corrected chi connectivity index (χ2v) is 5.44. The maximum absolute atomic E-state index is 5.69. The van der Waals surface area contributed by atoms with E-state index < -0.39 is 0 Å². The molecule has 20 heavy (non-hydrogen) atoms. The molecule has 0 aliphatic heterocycles. The third kappa shape index (κ3) is 4.19. The molecule has 0 aliphatic rings. The highest BCUT2D eigenvalue weighted by atomic mass is 15.1. The van der Waals surface area contributed by atoms with Gasteiger partial charge in [0.2, 0.25) is 0 Å². The molecule has 0 amide bonds. The SMILES string of the molecule is Cc1ccccc1CCN(C)Cc1cccc(CN)c1. The van der Waals surface area contributed by atoms with Crippen molar-refractivity contribution < 1.29 is 0 Å². The average Bonchev–Trinajstić information content (AvgIpc) is 2.46. The molecule has 2 aromatic rings. The van der Waals surface area contributed by atoms with E-state index in [1.165, 1.54) is 22.3 Å². The molecule has 0 aliphatic carbocycles. The molecule has 2 aromatic carbocycles. The van der Waals surface area contributed by atoms with Crippen molar-refractivity contribution in [1.82, 2.24) is 4.90 Å². The molecule has 0 unspecified atom stereocenters. The van der Waals surface area contributed by atoms with Crippen LogP contribution in [0.1, 0.15) is 22.3 Å². The second kappa shape index (κ2) is 7.22. The summed E-state index contributed by atoms with van der Waals surface area (Å²) in [4.78, 5) is 2.36. The van der Waals surface area contributed by atoms with Crippen LogP contribution >= 0.6 is 0 Å². The van der Waals surface area contributed by atoms with E-state index in [1.807, 2.05) is 0 Å². The Kier molecular flexibility index (Phi) is 5.33. The standard InChI is InChI=1S/C18H24N2/c1-15-6-3-4-9-18(15)10-11-20(2)14-17-8-5-7-16(12-17)13-19/h3-9,12H,10-11,13-14,19H2,1-2H3. The maximum Gasteiger partial charge on any atom is 0.0230 e. The Morgan fingerprint density at radius 2 is 1.75 bits per heavy atom. The molecule has 0 spiro atoms. The van der Waals surface area contributed by atoms with E-state index in [4.69, 9.17) is 5.73 Å². The lowest BCUT2D eigenvalue weighted by molar-refractivity contribution is 0.331. The van der Waals surface area contributed by atoms with Crippen molar-refractivity contribution in [3.05, 3.63) is 70.8 Å². The zero-order valence-corrected chi connectivity index (χ0v) is 12.5. The predicted octanol–water partition coefficient (Wildman–Crippen LogP) is 3.13. The molecule has 0 bridgehead atoms. The number of rotatable bonds is 6. The van der Waals surface area contributed by atoms with Crippen LogP contribution in [0, 0.1) is 6.92 Å². The van der Waals surface area contributed by atoms with Gasteiger partial charge >= 0.3 is 0 Å². The van der Waals surface area contributed by atoms with Crippen molar-refractivity contribution in [2.24, 2.45) is 5.73 Å². The van der Waals surface area contributed by atoms with E-state index in [-0.39, 0.29) is 0 Å². The summed E-state index contributed by atoms with van der Waals surface area (Å²) < 4.78 is 0. The van der Waals surface area contributed by atoms with Gasteiger partial charge in [-0.15, -0.1) is 0 Å². The molecule has 2 rings (SSSR count). The molecule has 0 atom stereocenters. The van der Waals surface area contributed by atoms with Crippen LogP contribution in [-0.4, -0.2) is 18.5 Å². The van der Waals surface area contributed by atoms with Crippen LogP contribution < -0.4 is 5.73 Å². The summed E-state index contributed by atoms with van der Waals surface area (Å²) in [5.41, 5.74) is 11.0. The lowest BCUT2D eigenvalue weighted by Crippen LogP contribution is -2.21. The largest absolute Gasteiger partial charge is 0.326 e. The van der Waals surface area contributed by atoms with Gasteiger partial charge in [-0.25, -0.2) is 0 Å². The topological polar surface area (TPSA) is 29.3 Å². The molecule has 106 valence electrons. The molecule has 0 radical (unpaired) electrons. The van der Waals surface area contributed by atoms with Gasteiger partial charge in [-0.3, -0.25) is 0 Å². The number of hydrogen-bond acceptors (Lipinski definition) is 2. The van der Waals surface area contributed by atoms with Gasteiger partial charge in [0.1, 0.15) is 0 Å². The first-order chi connectivity index (χ1) is 9.69. The van der Waals surface area contributed by atoms with Crippen molar-refractivity contribution in [2.75, 3.05) is 13.6 Å². The zero-order chi connectivity index (χ0) is 14.4. The monoisotopic (exact) mass is 268 g/mol. The Morgan fingerprint density at radius 1 is 1.00 bits per heavy atom. The van der Waals surface area contributed by atoms with Crippen molar-refractivity contribution in [1.29, 1.82) is 0 Å². The molecule has 0 heterocycles. The van der Waals surface area contributed by atoms with Crippen molar-refractivity contribution in [3.8, 4) is 0 Å². The van der Waals surface area contributed by atoms with Crippen LogP contribution in [0.15, 0.2) is 48.5 Å². The molecule has 2 N–H and O–H groups in total. The average molecular weight is 268 g/mol. The fraction of sp³-hybridized carbons (Fsp3) is 0.333. The summed E-state index contributed by atoms with van der Waals surface area (Å²) in [6.07, 6.45) is 1.10. The molecule has 0 fully saturated rings. The molecular formula is C18H24N2. The Balaban J connectivity index is 1.89. The summed E-state index contributed by atoms with van der Waals surface area (Å²) in [7, 11) is 2.17. The van der Waals surface area contributed by atoms with Crippen LogP contribution in [-0.2, 0) is 19.5 Å². The van der Waals surface area contributed by atoms with E-state index in [2.05, 4.69) is 67.4 Å². The second-order valence-electron chi connectivity index (χ2n) is 5.44. The number of benzene rings is 2. The smallest absolute Gasteiger partial charge is 0.0230 e. The molecule has 0 aromatic heterocycles. The summed E-state index contributed by atoms with van der Waals surface area (Å²) in [6, 6.07) is 17.2. The summed E-state index contributed by atoms with van der Waals surface area (Å²) in [5.74, 6) is 0. The summed E-state index contributed by atoms with van der Waals surface area (Å²) in [5, 5.41) is 0. The fourth-order valence-electron chi connectivity index (χ4n) is 2.45. The van der Waals surface area contributed by atoms with Gasteiger partial charge in [-0.1, -0.05) is 48.5 Å². The Morgan fingerprint density at radius 3 is 2.50 bits per heavy atom. The van der Waals surface area contributed by atoms with Gasteiger partial charge in [-0.05, 0) is 42.6 Å². The van der Waals surface area contributed by atoms with Gasteiger partial charge in [0.05, 0.1) is 0 Å². The highest BCUT2D eigenvalue weighted by Crippen LogP contribution is 2.10. The Labute approximate surface area is 122 Å².